The monoisotopic (exact) mass is 554 g/mol. The molecule has 2 unspecified atom stereocenters. The van der Waals surface area contributed by atoms with Gasteiger partial charge in [0, 0.05) is 33.2 Å². The number of hydrogen-bond donors (Lipinski definition) is 3. The number of aromatic nitrogens is 1. The zero-order valence-electron chi connectivity index (χ0n) is 19.7. The van der Waals surface area contributed by atoms with Crippen molar-refractivity contribution in [1.29, 1.82) is 0 Å². The van der Waals surface area contributed by atoms with Crippen molar-refractivity contribution in [1.82, 2.24) is 10.3 Å². The summed E-state index contributed by atoms with van der Waals surface area (Å²) in [5.74, 6) is -0.929. The lowest BCUT2D eigenvalue weighted by Crippen LogP contribution is -2.43. The lowest BCUT2D eigenvalue weighted by atomic mass is 9.88. The lowest BCUT2D eigenvalue weighted by Gasteiger charge is -2.37. The van der Waals surface area contributed by atoms with Crippen molar-refractivity contribution in [3.05, 3.63) is 64.1 Å². The number of carbonyl (C=O) groups excluding carboxylic acids is 1. The van der Waals surface area contributed by atoms with Gasteiger partial charge in [-0.15, -0.1) is 0 Å². The van der Waals surface area contributed by atoms with Gasteiger partial charge in [-0.05, 0) is 55.8 Å². The molecule has 0 spiro atoms. The maximum atomic E-state index is 12.8. The molecular weight excluding hydrogens is 532 g/mol. The van der Waals surface area contributed by atoms with E-state index < -0.39 is 36.3 Å². The van der Waals surface area contributed by atoms with E-state index in [1.54, 1.807) is 56.3 Å². The van der Waals surface area contributed by atoms with Crippen LogP contribution in [0.15, 0.2) is 48.5 Å². The zero-order valence-corrected chi connectivity index (χ0v) is 21.2. The third-order valence-corrected chi connectivity index (χ3v) is 6.41. The zero-order chi connectivity index (χ0) is 27.1. The van der Waals surface area contributed by atoms with Crippen LogP contribution in [0.25, 0.3) is 22.4 Å². The van der Waals surface area contributed by atoms with Crippen LogP contribution in [0.1, 0.15) is 38.3 Å². The minimum atomic E-state index is -4.91. The first kappa shape index (κ1) is 27.0. The fraction of sp³-hybridized carbons (Fsp3) is 0.308. The third kappa shape index (κ3) is 6.11. The number of amides is 1. The molecule has 2 aromatic carbocycles. The van der Waals surface area contributed by atoms with E-state index in [0.29, 0.717) is 38.0 Å². The van der Waals surface area contributed by atoms with Crippen molar-refractivity contribution in [3.8, 4) is 34.0 Å². The molecule has 3 aromatic rings. The molecule has 37 heavy (non-hydrogen) atoms. The maximum absolute atomic E-state index is 12.8. The Bertz CT molecular complexity index is 1330. The second-order valence-electron chi connectivity index (χ2n) is 9.39. The van der Waals surface area contributed by atoms with Gasteiger partial charge in [-0.3, -0.25) is 4.79 Å². The number of pyridine rings is 1. The van der Waals surface area contributed by atoms with Crippen molar-refractivity contribution in [2.75, 3.05) is 0 Å². The van der Waals surface area contributed by atoms with Crippen LogP contribution >= 0.6 is 23.2 Å². The summed E-state index contributed by atoms with van der Waals surface area (Å²) in [6.07, 6.45) is -8.59. The molecule has 1 aliphatic rings. The number of rotatable bonds is 5. The number of nitrogens with zero attached hydrogens (tertiary/aromatic N) is 1. The molecule has 0 bridgehead atoms. The van der Waals surface area contributed by atoms with E-state index in [1.807, 2.05) is 0 Å². The summed E-state index contributed by atoms with van der Waals surface area (Å²) in [5, 5.41) is 23.4. The summed E-state index contributed by atoms with van der Waals surface area (Å²) >= 11 is 12.1. The highest BCUT2D eigenvalue weighted by Crippen LogP contribution is 2.45. The van der Waals surface area contributed by atoms with E-state index in [4.69, 9.17) is 27.9 Å². The standard InChI is InChI=1S/C26H23Cl2F3N2O4/c1-25(2)12-19(32-22(36)11-21(35)26(29,30)31)18-10-17(13-3-5-14(27)6-4-13)23(33-24(18)37-25)16-8-7-15(28)9-20(16)34/h3-10,19,21,34-35H,11-12H2,1-2H3,(H,32,36). The molecule has 2 heterocycles. The predicted molar refractivity (Wildman–Crippen MR) is 134 cm³/mol. The number of aromatic hydroxyl groups is 1. The van der Waals surface area contributed by atoms with Gasteiger partial charge in [-0.25, -0.2) is 4.98 Å². The van der Waals surface area contributed by atoms with Gasteiger partial charge in [-0.2, -0.15) is 13.2 Å². The minimum absolute atomic E-state index is 0.115. The average Bonchev–Trinajstić information content (AvgIpc) is 2.77. The summed E-state index contributed by atoms with van der Waals surface area (Å²) in [7, 11) is 0. The Balaban J connectivity index is 1.83. The molecule has 3 N–H and O–H groups in total. The number of aliphatic hydroxyl groups is 1. The number of fused-ring (bicyclic) bond motifs is 1. The highest BCUT2D eigenvalue weighted by Gasteiger charge is 2.41. The van der Waals surface area contributed by atoms with Gasteiger partial charge in [-0.1, -0.05) is 35.3 Å². The summed E-state index contributed by atoms with van der Waals surface area (Å²) in [6.45, 7) is 3.52. The van der Waals surface area contributed by atoms with Crippen LogP contribution in [0.3, 0.4) is 0 Å². The van der Waals surface area contributed by atoms with Gasteiger partial charge in [0.1, 0.15) is 11.4 Å². The van der Waals surface area contributed by atoms with Crippen LogP contribution < -0.4 is 10.1 Å². The Morgan fingerprint density at radius 2 is 1.78 bits per heavy atom. The van der Waals surface area contributed by atoms with Crippen molar-refractivity contribution in [3.63, 3.8) is 0 Å². The Morgan fingerprint density at radius 1 is 1.14 bits per heavy atom. The second-order valence-corrected chi connectivity index (χ2v) is 10.3. The number of ether oxygens (including phenoxy) is 1. The van der Waals surface area contributed by atoms with Crippen molar-refractivity contribution in [2.24, 2.45) is 0 Å². The van der Waals surface area contributed by atoms with Crippen molar-refractivity contribution in [2.45, 2.75) is 50.6 Å². The normalized spacial score (nSPS) is 17.5. The van der Waals surface area contributed by atoms with Gasteiger partial charge >= 0.3 is 6.18 Å². The van der Waals surface area contributed by atoms with Crippen molar-refractivity contribution >= 4 is 29.1 Å². The van der Waals surface area contributed by atoms with E-state index in [0.717, 1.165) is 0 Å². The molecule has 196 valence electrons. The maximum Gasteiger partial charge on any atom is 0.414 e. The quantitative estimate of drug-likeness (QED) is 0.336. The molecule has 0 aliphatic carbocycles. The van der Waals surface area contributed by atoms with Crippen molar-refractivity contribution < 1.29 is 32.9 Å². The Kier molecular flexibility index (Phi) is 7.34. The Morgan fingerprint density at radius 3 is 2.41 bits per heavy atom. The van der Waals surface area contributed by atoms with Gasteiger partial charge in [0.05, 0.1) is 18.2 Å². The molecule has 6 nitrogen and oxygen atoms in total. The van der Waals surface area contributed by atoms with Crippen LogP contribution in [0.4, 0.5) is 13.2 Å². The molecule has 0 saturated heterocycles. The molecule has 1 aromatic heterocycles. The van der Waals surface area contributed by atoms with Crippen LogP contribution in [0.2, 0.25) is 10.0 Å². The number of halogens is 5. The topological polar surface area (TPSA) is 91.7 Å². The summed E-state index contributed by atoms with van der Waals surface area (Å²) in [5.41, 5.74) is 1.60. The largest absolute Gasteiger partial charge is 0.507 e. The molecule has 2 atom stereocenters. The molecular formula is C26H23Cl2F3N2O4. The summed E-state index contributed by atoms with van der Waals surface area (Å²) in [4.78, 5) is 17.1. The summed E-state index contributed by atoms with van der Waals surface area (Å²) in [6, 6.07) is 12.4. The third-order valence-electron chi connectivity index (χ3n) is 5.92. The molecule has 1 amide bonds. The van der Waals surface area contributed by atoms with E-state index in [1.165, 1.54) is 6.07 Å². The number of benzene rings is 2. The van der Waals surface area contributed by atoms with Crippen LogP contribution in [0, 0.1) is 0 Å². The van der Waals surface area contributed by atoms with E-state index >= 15 is 0 Å². The molecule has 4 rings (SSSR count). The number of alkyl halides is 3. The number of hydrogen-bond acceptors (Lipinski definition) is 5. The second kappa shape index (κ2) is 10.0. The first-order valence-electron chi connectivity index (χ1n) is 11.3. The fourth-order valence-corrected chi connectivity index (χ4v) is 4.47. The smallest absolute Gasteiger partial charge is 0.414 e. The van der Waals surface area contributed by atoms with Gasteiger partial charge in [0.2, 0.25) is 11.8 Å². The fourth-order valence-electron chi connectivity index (χ4n) is 4.18. The highest BCUT2D eigenvalue weighted by atomic mass is 35.5. The minimum Gasteiger partial charge on any atom is -0.507 e. The first-order chi connectivity index (χ1) is 17.2. The number of phenols is 1. The van der Waals surface area contributed by atoms with Crippen LogP contribution in [-0.4, -0.2) is 39.0 Å². The SMILES string of the molecule is CC1(C)CC(NC(=O)CC(O)C(F)(F)F)c2cc(-c3ccc(Cl)cc3)c(-c3ccc(Cl)cc3O)nc2O1. The van der Waals surface area contributed by atoms with E-state index in [9.17, 15) is 28.2 Å². The molecule has 0 fully saturated rings. The van der Waals surface area contributed by atoms with Crippen LogP contribution in [-0.2, 0) is 4.79 Å². The van der Waals surface area contributed by atoms with Gasteiger partial charge in [0.15, 0.2) is 6.10 Å². The predicted octanol–water partition coefficient (Wildman–Crippen LogP) is 6.46. The molecule has 0 radical (unpaired) electrons. The number of nitrogens with one attached hydrogen (secondary N) is 1. The average molecular weight is 555 g/mol. The summed E-state index contributed by atoms with van der Waals surface area (Å²) < 4.78 is 44.4. The molecule has 1 aliphatic heterocycles. The van der Waals surface area contributed by atoms with Gasteiger partial charge < -0.3 is 20.3 Å². The number of carbonyl (C=O) groups is 1. The van der Waals surface area contributed by atoms with Crippen LogP contribution in [0.5, 0.6) is 11.6 Å². The number of phenolic OH excluding ortho intramolecular Hbond substituents is 1. The molecule has 0 saturated carbocycles. The first-order valence-corrected chi connectivity index (χ1v) is 12.0. The number of aliphatic hydroxyl groups excluding tert-OH is 1. The molecule has 11 heteroatoms. The lowest BCUT2D eigenvalue weighted by molar-refractivity contribution is -0.206. The Hall–Kier alpha value is -3.01. The van der Waals surface area contributed by atoms with E-state index in [-0.39, 0.29) is 18.1 Å². The Labute approximate surface area is 221 Å². The highest BCUT2D eigenvalue weighted by molar-refractivity contribution is 6.31. The van der Waals surface area contributed by atoms with Gasteiger partial charge in [0.25, 0.3) is 0 Å². The van der Waals surface area contributed by atoms with E-state index in [2.05, 4.69) is 10.3 Å².